The largest absolute Gasteiger partial charge is 0.352 e. The van der Waals surface area contributed by atoms with E-state index in [9.17, 15) is 0 Å². The van der Waals surface area contributed by atoms with Crippen LogP contribution in [0.1, 0.15) is 63.1 Å². The van der Waals surface area contributed by atoms with Crippen LogP contribution in [0.15, 0.2) is 6.20 Å². The van der Waals surface area contributed by atoms with E-state index in [-0.39, 0.29) is 0 Å². The fraction of sp³-hybridized carbons (Fsp3) is 0.824. The first-order chi connectivity index (χ1) is 10.3. The van der Waals surface area contributed by atoms with Gasteiger partial charge in [-0.2, -0.15) is 0 Å². The molecule has 1 unspecified atom stereocenters. The van der Waals surface area contributed by atoms with Gasteiger partial charge in [-0.25, -0.2) is 4.98 Å². The molecule has 0 bridgehead atoms. The van der Waals surface area contributed by atoms with Crippen molar-refractivity contribution in [1.82, 2.24) is 14.5 Å². The van der Waals surface area contributed by atoms with E-state index in [4.69, 9.17) is 4.98 Å². The van der Waals surface area contributed by atoms with Crippen molar-refractivity contribution in [2.24, 2.45) is 0 Å². The second-order valence-electron chi connectivity index (χ2n) is 7.26. The first-order valence-corrected chi connectivity index (χ1v) is 8.85. The average molecular weight is 288 g/mol. The molecule has 2 heterocycles. The maximum absolute atomic E-state index is 4.77. The van der Waals surface area contributed by atoms with Crippen LogP contribution >= 0.6 is 0 Å². The molecular weight excluding hydrogens is 260 g/mol. The van der Waals surface area contributed by atoms with Crippen LogP contribution in [0.25, 0.3) is 0 Å². The minimum atomic E-state index is 0.592. The zero-order chi connectivity index (χ0) is 14.2. The van der Waals surface area contributed by atoms with Gasteiger partial charge in [0.15, 0.2) is 0 Å². The monoisotopic (exact) mass is 288 g/mol. The molecule has 21 heavy (non-hydrogen) atoms. The predicted molar refractivity (Wildman–Crippen MR) is 85.7 cm³/mol. The Labute approximate surface area is 127 Å². The van der Waals surface area contributed by atoms with Gasteiger partial charge < -0.3 is 9.88 Å². The number of nitrogens with one attached hydrogen (secondary N) is 1. The summed E-state index contributed by atoms with van der Waals surface area (Å²) in [6.45, 7) is 4.60. The van der Waals surface area contributed by atoms with E-state index in [0.29, 0.717) is 12.1 Å². The standard InChI is InChI=1S/C17H28N4/c1-13-11-21(16-5-3-2-4-6-16)17(18-13)19-14-9-10-20(12-14)15-7-8-15/h11,14-16H,2-10,12H2,1H3,(H,18,19). The van der Waals surface area contributed by atoms with E-state index in [1.807, 2.05) is 0 Å². The van der Waals surface area contributed by atoms with Crippen LogP contribution in [0.2, 0.25) is 0 Å². The smallest absolute Gasteiger partial charge is 0.203 e. The molecule has 0 radical (unpaired) electrons. The van der Waals surface area contributed by atoms with Gasteiger partial charge in [-0.1, -0.05) is 19.3 Å². The highest BCUT2D eigenvalue weighted by atomic mass is 15.3. The summed E-state index contributed by atoms with van der Waals surface area (Å²) in [7, 11) is 0. The normalized spacial score (nSPS) is 28.1. The average Bonchev–Trinajstić information content (AvgIpc) is 3.14. The predicted octanol–water partition coefficient (Wildman–Crippen LogP) is 3.35. The first-order valence-electron chi connectivity index (χ1n) is 8.85. The molecule has 4 nitrogen and oxygen atoms in total. The number of aryl methyl sites for hydroxylation is 1. The molecule has 116 valence electrons. The van der Waals surface area contributed by atoms with Crippen LogP contribution in [0.3, 0.4) is 0 Å². The highest BCUT2D eigenvalue weighted by molar-refractivity contribution is 5.32. The van der Waals surface area contributed by atoms with Crippen LogP contribution in [0, 0.1) is 6.92 Å². The number of imidazole rings is 1. The van der Waals surface area contributed by atoms with Crippen LogP contribution in [-0.2, 0) is 0 Å². The zero-order valence-electron chi connectivity index (χ0n) is 13.2. The fourth-order valence-corrected chi connectivity index (χ4v) is 4.12. The van der Waals surface area contributed by atoms with Crippen molar-refractivity contribution in [1.29, 1.82) is 0 Å². The Hall–Kier alpha value is -1.03. The third-order valence-corrected chi connectivity index (χ3v) is 5.44. The molecule has 1 aromatic heterocycles. The lowest BCUT2D eigenvalue weighted by Gasteiger charge is -2.26. The molecule has 1 aromatic rings. The molecule has 0 amide bonds. The second kappa shape index (κ2) is 5.64. The summed E-state index contributed by atoms with van der Waals surface area (Å²) in [6, 6.07) is 2.16. The summed E-state index contributed by atoms with van der Waals surface area (Å²) < 4.78 is 2.44. The van der Waals surface area contributed by atoms with Gasteiger partial charge in [0.2, 0.25) is 5.95 Å². The van der Waals surface area contributed by atoms with E-state index < -0.39 is 0 Å². The van der Waals surface area contributed by atoms with Gasteiger partial charge in [-0.15, -0.1) is 0 Å². The Kier molecular flexibility index (Phi) is 3.66. The third-order valence-electron chi connectivity index (χ3n) is 5.44. The lowest BCUT2D eigenvalue weighted by molar-refractivity contribution is 0.325. The number of nitrogens with zero attached hydrogens (tertiary/aromatic N) is 3. The molecule has 3 aliphatic rings. The van der Waals surface area contributed by atoms with E-state index in [2.05, 4.69) is 27.9 Å². The molecule has 1 saturated heterocycles. The molecule has 0 spiro atoms. The summed E-state index contributed by atoms with van der Waals surface area (Å²) >= 11 is 0. The highest BCUT2D eigenvalue weighted by Gasteiger charge is 2.34. The van der Waals surface area contributed by atoms with Crippen LogP contribution in [0.5, 0.6) is 0 Å². The second-order valence-corrected chi connectivity index (χ2v) is 7.26. The number of aromatic nitrogens is 2. The molecule has 0 aromatic carbocycles. The summed E-state index contributed by atoms with van der Waals surface area (Å²) in [5.41, 5.74) is 1.15. The van der Waals surface area contributed by atoms with Gasteiger partial charge in [0.25, 0.3) is 0 Å². The number of hydrogen-bond acceptors (Lipinski definition) is 3. The lowest BCUT2D eigenvalue weighted by Crippen LogP contribution is -2.29. The van der Waals surface area contributed by atoms with Crippen LogP contribution < -0.4 is 5.32 Å². The minimum Gasteiger partial charge on any atom is -0.352 e. The molecular formula is C17H28N4. The van der Waals surface area contributed by atoms with Crippen molar-refractivity contribution in [3.63, 3.8) is 0 Å². The third kappa shape index (κ3) is 2.96. The minimum absolute atomic E-state index is 0.592. The van der Waals surface area contributed by atoms with Gasteiger partial charge in [-0.3, -0.25) is 4.90 Å². The van der Waals surface area contributed by atoms with E-state index in [0.717, 1.165) is 17.7 Å². The summed E-state index contributed by atoms with van der Waals surface area (Å²) in [6.07, 6.45) is 13.2. The summed E-state index contributed by atoms with van der Waals surface area (Å²) in [5, 5.41) is 3.75. The van der Waals surface area contributed by atoms with Crippen molar-refractivity contribution in [3.8, 4) is 0 Å². The highest BCUT2D eigenvalue weighted by Crippen LogP contribution is 2.33. The van der Waals surface area contributed by atoms with Crippen molar-refractivity contribution in [3.05, 3.63) is 11.9 Å². The zero-order valence-corrected chi connectivity index (χ0v) is 13.2. The maximum atomic E-state index is 4.77. The molecule has 4 rings (SSSR count). The van der Waals surface area contributed by atoms with Gasteiger partial charge >= 0.3 is 0 Å². The topological polar surface area (TPSA) is 33.1 Å². The van der Waals surface area contributed by atoms with Crippen LogP contribution in [-0.4, -0.2) is 39.6 Å². The van der Waals surface area contributed by atoms with Crippen molar-refractivity contribution >= 4 is 5.95 Å². The SMILES string of the molecule is Cc1cn(C2CCCCC2)c(NC2CCN(C3CC3)C2)n1. The molecule has 1 aliphatic heterocycles. The van der Waals surface area contributed by atoms with Gasteiger partial charge in [0.05, 0.1) is 5.69 Å². The Morgan fingerprint density at radius 2 is 1.86 bits per heavy atom. The maximum Gasteiger partial charge on any atom is 0.203 e. The molecule has 2 saturated carbocycles. The van der Waals surface area contributed by atoms with E-state index >= 15 is 0 Å². The van der Waals surface area contributed by atoms with Gasteiger partial charge in [-0.05, 0) is 39.0 Å². The van der Waals surface area contributed by atoms with Crippen molar-refractivity contribution in [2.75, 3.05) is 18.4 Å². The van der Waals surface area contributed by atoms with Crippen molar-refractivity contribution in [2.45, 2.75) is 76.4 Å². The number of rotatable bonds is 4. The number of likely N-dealkylation sites (tertiary alicyclic amines) is 1. The molecule has 4 heteroatoms. The Balaban J connectivity index is 1.44. The summed E-state index contributed by atoms with van der Waals surface area (Å²) in [4.78, 5) is 7.43. The van der Waals surface area contributed by atoms with E-state index in [1.54, 1.807) is 0 Å². The molecule has 1 atom stereocenters. The fourth-order valence-electron chi connectivity index (χ4n) is 4.12. The van der Waals surface area contributed by atoms with Gasteiger partial charge in [0, 0.05) is 37.4 Å². The van der Waals surface area contributed by atoms with Crippen LogP contribution in [0.4, 0.5) is 5.95 Å². The molecule has 1 N–H and O–H groups in total. The van der Waals surface area contributed by atoms with Gasteiger partial charge in [0.1, 0.15) is 0 Å². The lowest BCUT2D eigenvalue weighted by atomic mass is 9.95. The number of hydrogen-bond donors (Lipinski definition) is 1. The molecule has 2 aliphatic carbocycles. The Morgan fingerprint density at radius 1 is 1.05 bits per heavy atom. The van der Waals surface area contributed by atoms with E-state index in [1.165, 1.54) is 64.5 Å². The number of anilines is 1. The summed E-state index contributed by atoms with van der Waals surface area (Å²) in [5.74, 6) is 1.13. The quantitative estimate of drug-likeness (QED) is 0.922. The first kappa shape index (κ1) is 13.6. The van der Waals surface area contributed by atoms with Crippen molar-refractivity contribution < 1.29 is 0 Å². The Bertz CT molecular complexity index is 485. The molecule has 3 fully saturated rings. The Morgan fingerprint density at radius 3 is 2.62 bits per heavy atom.